The quantitative estimate of drug-likeness (QED) is 0.671. The third kappa shape index (κ3) is 4.49. The van der Waals surface area contributed by atoms with Crippen LogP contribution in [-0.4, -0.2) is 70.3 Å². The number of benzene rings is 1. The highest BCUT2D eigenvalue weighted by molar-refractivity contribution is 5.94. The molecule has 29 heavy (non-hydrogen) atoms. The van der Waals surface area contributed by atoms with Crippen LogP contribution in [0.2, 0.25) is 0 Å². The van der Waals surface area contributed by atoms with Crippen molar-refractivity contribution < 1.29 is 4.79 Å². The second kappa shape index (κ2) is 8.76. The summed E-state index contributed by atoms with van der Waals surface area (Å²) in [4.78, 5) is 24.6. The molecule has 1 aliphatic heterocycles. The zero-order chi connectivity index (χ0) is 20.2. The van der Waals surface area contributed by atoms with E-state index in [-0.39, 0.29) is 5.91 Å². The minimum Gasteiger partial charge on any atom is -0.336 e. The summed E-state index contributed by atoms with van der Waals surface area (Å²) in [6, 6.07) is 16.0. The molecule has 0 radical (unpaired) electrons. The van der Waals surface area contributed by atoms with Crippen LogP contribution >= 0.6 is 0 Å². The smallest absolute Gasteiger partial charge is 0.274 e. The molecule has 0 N–H and O–H groups in total. The molecule has 0 atom stereocenters. The maximum absolute atomic E-state index is 13.3. The van der Waals surface area contributed by atoms with Crippen LogP contribution in [0.1, 0.15) is 28.2 Å². The van der Waals surface area contributed by atoms with Gasteiger partial charge in [0, 0.05) is 39.4 Å². The fraction of sp³-hybridized carbons (Fsp3) is 0.391. The van der Waals surface area contributed by atoms with Gasteiger partial charge >= 0.3 is 0 Å². The zero-order valence-corrected chi connectivity index (χ0v) is 17.3. The Morgan fingerprint density at radius 2 is 1.83 bits per heavy atom. The van der Waals surface area contributed by atoms with Crippen LogP contribution in [0.4, 0.5) is 0 Å². The first-order valence-corrected chi connectivity index (χ1v) is 10.3. The fourth-order valence-corrected chi connectivity index (χ4v) is 3.95. The number of fused-ring (bicyclic) bond motifs is 1. The number of aromatic nitrogens is 2. The summed E-state index contributed by atoms with van der Waals surface area (Å²) < 4.78 is 2.07. The third-order valence-electron chi connectivity index (χ3n) is 5.63. The Balaban J connectivity index is 1.61. The average Bonchev–Trinajstić information content (AvgIpc) is 2.97. The van der Waals surface area contributed by atoms with Crippen LogP contribution in [0, 0.1) is 0 Å². The fourth-order valence-electron chi connectivity index (χ4n) is 3.95. The van der Waals surface area contributed by atoms with Crippen molar-refractivity contribution >= 4 is 11.6 Å². The van der Waals surface area contributed by atoms with E-state index in [1.807, 2.05) is 61.8 Å². The van der Waals surface area contributed by atoms with Crippen molar-refractivity contribution in [3.8, 4) is 0 Å². The molecule has 4 rings (SSSR count). The summed E-state index contributed by atoms with van der Waals surface area (Å²) in [6.07, 6.45) is 3.15. The van der Waals surface area contributed by atoms with E-state index < -0.39 is 0 Å². The van der Waals surface area contributed by atoms with E-state index in [2.05, 4.69) is 21.2 Å². The molecule has 2 aromatic heterocycles. The monoisotopic (exact) mass is 391 g/mol. The van der Waals surface area contributed by atoms with Crippen LogP contribution in [0.5, 0.6) is 0 Å². The molecule has 1 aromatic carbocycles. The van der Waals surface area contributed by atoms with Gasteiger partial charge in [-0.05, 0) is 44.3 Å². The summed E-state index contributed by atoms with van der Waals surface area (Å²) in [6.45, 7) is 5.52. The molecule has 1 amide bonds. The Hall–Kier alpha value is -2.70. The minimum atomic E-state index is -0.0282. The second-order valence-electron chi connectivity index (χ2n) is 7.92. The van der Waals surface area contributed by atoms with Crippen LogP contribution < -0.4 is 0 Å². The van der Waals surface area contributed by atoms with Crippen molar-refractivity contribution in [1.29, 1.82) is 0 Å². The average molecular weight is 392 g/mol. The Labute approximate surface area is 172 Å². The number of carbonyl (C=O) groups excluding carboxylic acids is 1. The van der Waals surface area contributed by atoms with Gasteiger partial charge in [-0.2, -0.15) is 0 Å². The summed E-state index contributed by atoms with van der Waals surface area (Å²) in [5.41, 5.74) is 3.48. The Morgan fingerprint density at radius 1 is 1.03 bits per heavy atom. The first kappa shape index (κ1) is 19.6. The standard InChI is InChI=1S/C23H29N5O/c1-25-12-8-13-27(16-15-25)18-20-22(24-21-11-6-7-14-28(20)21)23(29)26(2)17-19-9-4-3-5-10-19/h3-7,9-11,14H,8,12-13,15-18H2,1-2H3. The summed E-state index contributed by atoms with van der Waals surface area (Å²) >= 11 is 0. The van der Waals surface area contributed by atoms with Gasteiger partial charge in [-0.15, -0.1) is 0 Å². The summed E-state index contributed by atoms with van der Waals surface area (Å²) in [7, 11) is 4.02. The number of hydrogen-bond donors (Lipinski definition) is 0. The van der Waals surface area contributed by atoms with Gasteiger partial charge in [0.1, 0.15) is 5.65 Å². The van der Waals surface area contributed by atoms with Gasteiger partial charge in [0.15, 0.2) is 5.69 Å². The Morgan fingerprint density at radius 3 is 2.66 bits per heavy atom. The number of pyridine rings is 1. The molecule has 0 unspecified atom stereocenters. The minimum absolute atomic E-state index is 0.0282. The molecular formula is C23H29N5O. The molecule has 6 nitrogen and oxygen atoms in total. The van der Waals surface area contributed by atoms with Crippen molar-refractivity contribution in [2.75, 3.05) is 40.3 Å². The van der Waals surface area contributed by atoms with Gasteiger partial charge in [0.25, 0.3) is 5.91 Å². The predicted molar refractivity (Wildman–Crippen MR) is 115 cm³/mol. The molecule has 0 saturated carbocycles. The number of hydrogen-bond acceptors (Lipinski definition) is 4. The largest absolute Gasteiger partial charge is 0.336 e. The molecule has 1 aliphatic rings. The van der Waals surface area contributed by atoms with Crippen molar-refractivity contribution in [3.05, 3.63) is 71.7 Å². The Bertz CT molecular complexity index is 968. The third-order valence-corrected chi connectivity index (χ3v) is 5.63. The van der Waals surface area contributed by atoms with E-state index in [0.717, 1.165) is 56.0 Å². The molecule has 0 spiro atoms. The molecule has 6 heteroatoms. The Kier molecular flexibility index (Phi) is 5.92. The van der Waals surface area contributed by atoms with Crippen LogP contribution in [0.15, 0.2) is 54.7 Å². The maximum atomic E-state index is 13.3. The van der Waals surface area contributed by atoms with Gasteiger partial charge in [0.2, 0.25) is 0 Å². The normalized spacial score (nSPS) is 16.1. The predicted octanol–water partition coefficient (Wildman–Crippen LogP) is 2.74. The van der Waals surface area contributed by atoms with Crippen molar-refractivity contribution in [2.45, 2.75) is 19.5 Å². The lowest BCUT2D eigenvalue weighted by Crippen LogP contribution is -2.31. The summed E-state index contributed by atoms with van der Waals surface area (Å²) in [5, 5.41) is 0. The highest BCUT2D eigenvalue weighted by Gasteiger charge is 2.24. The van der Waals surface area contributed by atoms with E-state index in [4.69, 9.17) is 4.98 Å². The number of imidazole rings is 1. The molecule has 3 aromatic rings. The summed E-state index contributed by atoms with van der Waals surface area (Å²) in [5.74, 6) is -0.0282. The van der Waals surface area contributed by atoms with Gasteiger partial charge in [-0.1, -0.05) is 36.4 Å². The van der Waals surface area contributed by atoms with Crippen molar-refractivity contribution in [1.82, 2.24) is 24.1 Å². The maximum Gasteiger partial charge on any atom is 0.274 e. The molecule has 1 fully saturated rings. The van der Waals surface area contributed by atoms with Crippen molar-refractivity contribution in [3.63, 3.8) is 0 Å². The number of amides is 1. The number of rotatable bonds is 5. The lowest BCUT2D eigenvalue weighted by molar-refractivity contribution is 0.0777. The molecular weight excluding hydrogens is 362 g/mol. The molecule has 3 heterocycles. The highest BCUT2D eigenvalue weighted by atomic mass is 16.2. The highest BCUT2D eigenvalue weighted by Crippen LogP contribution is 2.18. The van der Waals surface area contributed by atoms with Crippen LogP contribution in [-0.2, 0) is 13.1 Å². The van der Waals surface area contributed by atoms with E-state index in [0.29, 0.717) is 12.2 Å². The van der Waals surface area contributed by atoms with Gasteiger partial charge in [-0.3, -0.25) is 9.69 Å². The van der Waals surface area contributed by atoms with Crippen LogP contribution in [0.25, 0.3) is 5.65 Å². The zero-order valence-electron chi connectivity index (χ0n) is 17.3. The first-order chi connectivity index (χ1) is 14.1. The molecule has 152 valence electrons. The van der Waals surface area contributed by atoms with Gasteiger partial charge in [0.05, 0.1) is 5.69 Å². The molecule has 0 aliphatic carbocycles. The van der Waals surface area contributed by atoms with Crippen LogP contribution in [0.3, 0.4) is 0 Å². The van der Waals surface area contributed by atoms with Crippen molar-refractivity contribution in [2.24, 2.45) is 0 Å². The van der Waals surface area contributed by atoms with E-state index in [9.17, 15) is 4.79 Å². The SMILES string of the molecule is CN1CCCN(Cc2c(C(=O)N(C)Cc3ccccc3)nc3ccccn23)CC1. The number of likely N-dealkylation sites (N-methyl/N-ethyl adjacent to an activating group) is 1. The second-order valence-corrected chi connectivity index (χ2v) is 7.92. The number of carbonyl (C=O) groups is 1. The van der Waals surface area contributed by atoms with Gasteiger partial charge in [-0.25, -0.2) is 4.98 Å². The van der Waals surface area contributed by atoms with Gasteiger partial charge < -0.3 is 14.2 Å². The number of nitrogens with zero attached hydrogens (tertiary/aromatic N) is 5. The van der Waals surface area contributed by atoms with E-state index in [1.165, 1.54) is 0 Å². The topological polar surface area (TPSA) is 44.1 Å². The lowest BCUT2D eigenvalue weighted by atomic mass is 10.2. The van der Waals surface area contributed by atoms with E-state index in [1.54, 1.807) is 4.90 Å². The molecule has 1 saturated heterocycles. The van der Waals surface area contributed by atoms with E-state index >= 15 is 0 Å². The lowest BCUT2D eigenvalue weighted by Gasteiger charge is -2.21. The first-order valence-electron chi connectivity index (χ1n) is 10.3. The molecule has 0 bridgehead atoms.